The molecule has 6 heteroatoms. The molecule has 0 aliphatic rings. The summed E-state index contributed by atoms with van der Waals surface area (Å²) in [4.78, 5) is 0. The van der Waals surface area contributed by atoms with E-state index in [0.29, 0.717) is 0 Å². The van der Waals surface area contributed by atoms with Gasteiger partial charge in [0.1, 0.15) is 0 Å². The molecule has 0 aromatic heterocycles. The van der Waals surface area contributed by atoms with E-state index in [4.69, 9.17) is 0 Å². The first-order valence-electron chi connectivity index (χ1n) is 0. The van der Waals surface area contributed by atoms with Crippen LogP contribution in [0.15, 0.2) is 0 Å². The summed E-state index contributed by atoms with van der Waals surface area (Å²) in [6.07, 6.45) is 0. The van der Waals surface area contributed by atoms with Crippen molar-refractivity contribution >= 4 is 63.9 Å². The number of hydrogen-bond donors (Lipinski definition) is 0. The fourth-order valence-electron chi connectivity index (χ4n) is 0. The van der Waals surface area contributed by atoms with Crippen LogP contribution >= 0.6 is 0 Å². The Hall–Kier alpha value is 5.96. The third-order valence-electron chi connectivity index (χ3n) is 0. The molecule has 0 unspecified atom stereocenters. The molecule has 0 heterocycles. The summed E-state index contributed by atoms with van der Waals surface area (Å²) < 4.78 is 0. The van der Waals surface area contributed by atoms with Gasteiger partial charge in [0.2, 0.25) is 0 Å². The van der Waals surface area contributed by atoms with Crippen molar-refractivity contribution in [3.05, 3.63) is 0 Å². The maximum Gasteiger partial charge on any atom is 2.00 e. The number of hydrogen-bond acceptors (Lipinski definition) is 0. The molecule has 0 saturated heterocycles. The second-order valence-corrected chi connectivity index (χ2v) is 0. The van der Waals surface area contributed by atoms with Gasteiger partial charge in [0.05, 0.1) is 0 Å². The fraction of sp³-hybridized carbons (Fsp3) is 0. The van der Waals surface area contributed by atoms with Crippen LogP contribution in [0.1, 0.15) is 4.28 Å². The molecule has 0 bridgehead atoms. The Kier molecular flexibility index (Phi) is 206. The molecule has 0 aromatic carbocycles. The van der Waals surface area contributed by atoms with E-state index < -0.39 is 0 Å². The van der Waals surface area contributed by atoms with Gasteiger partial charge in [-0.2, -0.15) is 0 Å². The standard InChI is InChI=1S/Bi.Ca.Ce.Li.Nb.Y.6H/q;+2;;+1;;;;;;3*-1. The van der Waals surface area contributed by atoms with Gasteiger partial charge in [0.25, 0.3) is 0 Å². The van der Waals surface area contributed by atoms with Crippen LogP contribution in [-0.4, -0.2) is 63.9 Å². The van der Waals surface area contributed by atoms with E-state index in [-0.39, 0.29) is 184 Å². The molecule has 0 aromatic rings. The van der Waals surface area contributed by atoms with E-state index in [2.05, 4.69) is 0 Å². The quantitative estimate of drug-likeness (QED) is 0.254. The molecule has 2 radical (unpaired) electrons. The van der Waals surface area contributed by atoms with Gasteiger partial charge in [0.15, 0.2) is 0 Å². The smallest absolute Gasteiger partial charge is 1.00 e. The fourth-order valence-corrected chi connectivity index (χ4v) is 0. The van der Waals surface area contributed by atoms with Crippen molar-refractivity contribution in [2.45, 2.75) is 0 Å². The van der Waals surface area contributed by atoms with Crippen molar-refractivity contribution in [2.75, 3.05) is 0 Å². The van der Waals surface area contributed by atoms with Crippen molar-refractivity contribution in [3.63, 3.8) is 0 Å². The summed E-state index contributed by atoms with van der Waals surface area (Å²) in [6, 6.07) is 0. The Labute approximate surface area is 178 Å². The minimum absolute atomic E-state index is 0. The molecular formula is H6BiCaCeLiNbY. The topological polar surface area (TPSA) is 0 Å². The molecule has 0 saturated carbocycles. The summed E-state index contributed by atoms with van der Waals surface area (Å²) in [5.41, 5.74) is 0. The maximum absolute atomic E-state index is 0. The van der Waals surface area contributed by atoms with Crippen molar-refractivity contribution in [2.24, 2.45) is 0 Å². The van der Waals surface area contributed by atoms with E-state index in [9.17, 15) is 0 Å². The molecule has 0 aliphatic carbocycles. The summed E-state index contributed by atoms with van der Waals surface area (Å²) in [5, 5.41) is 0. The van der Waals surface area contributed by atoms with E-state index in [0.717, 1.165) is 0 Å². The largest absolute Gasteiger partial charge is 2.00 e. The Morgan fingerprint density at radius 3 is 1.17 bits per heavy atom. The molecule has 0 fully saturated rings. The first kappa shape index (κ1) is 40.4. The molecule has 0 nitrogen and oxygen atoms in total. The van der Waals surface area contributed by atoms with Crippen LogP contribution < -0.4 is 18.9 Å². The minimum Gasteiger partial charge on any atom is -1.00 e. The zero-order valence-electron chi connectivity index (χ0n) is 6.94. The molecule has 0 rings (SSSR count). The summed E-state index contributed by atoms with van der Waals surface area (Å²) in [6.45, 7) is 0. The van der Waals surface area contributed by atoms with Crippen LogP contribution in [0.2, 0.25) is 0 Å². The normalized spacial score (nSPS) is 0. The minimum atomic E-state index is 0. The van der Waals surface area contributed by atoms with Gasteiger partial charge in [-0.05, 0) is 0 Å². The Bertz CT molecular complexity index is 23.8. The molecule has 0 atom stereocenters. The predicted octanol–water partition coefficient (Wildman–Crippen LogP) is -4.23. The van der Waals surface area contributed by atoms with Crippen LogP contribution in [0.25, 0.3) is 0 Å². The molecule has 0 aliphatic heterocycles. The third-order valence-corrected chi connectivity index (χ3v) is 0. The molecule has 0 amide bonds. The average Bonchev–Trinajstić information content (AvgIpc) is 0. The predicted molar refractivity (Wildman–Crippen MR) is 19.0 cm³/mol. The zero-order valence-corrected chi connectivity index (χ0v) is 19.8. The third kappa shape index (κ3) is 22.5. The molecule has 0 N–H and O–H groups in total. The molecule has 26 valence electrons. The van der Waals surface area contributed by atoms with Crippen molar-refractivity contribution in [1.82, 2.24) is 0 Å². The van der Waals surface area contributed by atoms with Crippen LogP contribution in [0, 0.1) is 41.7 Å². The van der Waals surface area contributed by atoms with Crippen molar-refractivity contribution in [1.29, 1.82) is 0 Å². The van der Waals surface area contributed by atoms with Crippen molar-refractivity contribution < 1.29 is 120 Å². The van der Waals surface area contributed by atoms with Crippen LogP contribution in [0.3, 0.4) is 0 Å². The van der Waals surface area contributed by atoms with Gasteiger partial charge >= 0.3 is 82.8 Å². The van der Waals surface area contributed by atoms with Gasteiger partial charge in [-0.25, -0.2) is 0 Å². The molecule has 6 heavy (non-hydrogen) atoms. The SMILES string of the molecule is [BiH3].[Ca+2].[Ce].[H-].[H-].[H-].[Li+].[Nb].[Y]. The van der Waals surface area contributed by atoms with Crippen molar-refractivity contribution in [3.8, 4) is 0 Å². The number of rotatable bonds is 0. The van der Waals surface area contributed by atoms with Gasteiger partial charge in [-0.3, -0.25) is 0 Å². The van der Waals surface area contributed by atoms with Crippen LogP contribution in [-0.2, 0) is 55.1 Å². The second-order valence-electron chi connectivity index (χ2n) is 0. The average molecular weight is 584 g/mol. The zero-order chi connectivity index (χ0) is 0. The van der Waals surface area contributed by atoms with Gasteiger partial charge < -0.3 is 4.28 Å². The summed E-state index contributed by atoms with van der Waals surface area (Å²) >= 11 is 0. The first-order chi connectivity index (χ1) is 0. The maximum atomic E-state index is 0. The van der Waals surface area contributed by atoms with Gasteiger partial charge in [0, 0.05) is 96.8 Å². The van der Waals surface area contributed by atoms with Gasteiger partial charge in [-0.15, -0.1) is 0 Å². The summed E-state index contributed by atoms with van der Waals surface area (Å²) in [7, 11) is 0. The van der Waals surface area contributed by atoms with Crippen LogP contribution in [0.4, 0.5) is 0 Å². The van der Waals surface area contributed by atoms with E-state index in [1.807, 2.05) is 0 Å². The summed E-state index contributed by atoms with van der Waals surface area (Å²) in [5.74, 6) is 0. The van der Waals surface area contributed by atoms with Gasteiger partial charge in [-0.1, -0.05) is 0 Å². The first-order valence-corrected chi connectivity index (χ1v) is 0. The Balaban J connectivity index is 0. The van der Waals surface area contributed by atoms with Crippen LogP contribution in [0.5, 0.6) is 0 Å². The Morgan fingerprint density at radius 2 is 1.17 bits per heavy atom. The molecule has 0 spiro atoms. The molecular weight excluding hydrogens is 578 g/mol. The van der Waals surface area contributed by atoms with E-state index in [1.54, 1.807) is 0 Å². The monoisotopic (exact) mass is 584 g/mol. The van der Waals surface area contributed by atoms with E-state index >= 15 is 0 Å². The van der Waals surface area contributed by atoms with E-state index in [1.165, 1.54) is 0 Å². The second kappa shape index (κ2) is 30.6. The Morgan fingerprint density at radius 1 is 1.17 bits per heavy atom.